The first kappa shape index (κ1) is 16.8. The summed E-state index contributed by atoms with van der Waals surface area (Å²) < 4.78 is 9.90. The van der Waals surface area contributed by atoms with Crippen molar-refractivity contribution in [2.75, 3.05) is 32.2 Å². The van der Waals surface area contributed by atoms with E-state index in [0.717, 1.165) is 12.8 Å². The molecule has 7 heteroatoms. The van der Waals surface area contributed by atoms with Gasteiger partial charge in [-0.3, -0.25) is 0 Å². The largest absolute Gasteiger partial charge is 0.482 e. The molecule has 1 rings (SSSR count). The Kier molecular flexibility index (Phi) is 7.67. The molecule has 3 N–H and O–H groups in total. The maximum atomic E-state index is 11.6. The number of carboxylic acids is 1. The van der Waals surface area contributed by atoms with E-state index >= 15 is 0 Å². The number of anilines is 1. The van der Waals surface area contributed by atoms with Crippen molar-refractivity contribution < 1.29 is 24.2 Å². The van der Waals surface area contributed by atoms with Crippen molar-refractivity contribution in [2.45, 2.75) is 12.8 Å². The Balaban J connectivity index is 2.27. The minimum absolute atomic E-state index is 0.286. The monoisotopic (exact) mass is 296 g/mol. The summed E-state index contributed by atoms with van der Waals surface area (Å²) in [6, 6.07) is 6.18. The van der Waals surface area contributed by atoms with Crippen molar-refractivity contribution in [1.82, 2.24) is 5.32 Å². The molecule has 0 radical (unpaired) electrons. The van der Waals surface area contributed by atoms with Gasteiger partial charge in [0.1, 0.15) is 5.75 Å². The van der Waals surface area contributed by atoms with Crippen LogP contribution in [0.3, 0.4) is 0 Å². The summed E-state index contributed by atoms with van der Waals surface area (Å²) in [5.41, 5.74) is 0.604. The maximum Gasteiger partial charge on any atom is 0.341 e. The number of aliphatic carboxylic acids is 1. The fourth-order valence-electron chi connectivity index (χ4n) is 1.53. The van der Waals surface area contributed by atoms with Gasteiger partial charge in [-0.25, -0.2) is 9.59 Å². The summed E-state index contributed by atoms with van der Waals surface area (Å²) in [6.45, 7) is 0.866. The molecular formula is C14H20N2O5. The lowest BCUT2D eigenvalue weighted by Gasteiger charge is -2.08. The topological polar surface area (TPSA) is 96.9 Å². The van der Waals surface area contributed by atoms with Crippen LogP contribution in [-0.4, -0.2) is 44.0 Å². The summed E-state index contributed by atoms with van der Waals surface area (Å²) in [7, 11) is 1.64. The highest BCUT2D eigenvalue weighted by atomic mass is 16.5. The molecule has 7 nitrogen and oxygen atoms in total. The van der Waals surface area contributed by atoms with Crippen LogP contribution in [0.15, 0.2) is 24.3 Å². The van der Waals surface area contributed by atoms with Gasteiger partial charge in [-0.05, 0) is 37.1 Å². The molecular weight excluding hydrogens is 276 g/mol. The summed E-state index contributed by atoms with van der Waals surface area (Å²) in [6.07, 6.45) is 1.75. The minimum atomic E-state index is -1.04. The number of ether oxygens (including phenoxy) is 2. The number of carbonyl (C=O) groups is 2. The highest BCUT2D eigenvalue weighted by Crippen LogP contribution is 2.15. The van der Waals surface area contributed by atoms with E-state index in [4.69, 9.17) is 14.6 Å². The second-order valence-electron chi connectivity index (χ2n) is 4.29. The van der Waals surface area contributed by atoms with E-state index in [2.05, 4.69) is 10.6 Å². The van der Waals surface area contributed by atoms with Gasteiger partial charge in [-0.2, -0.15) is 0 Å². The van der Waals surface area contributed by atoms with E-state index in [9.17, 15) is 9.59 Å². The zero-order valence-corrected chi connectivity index (χ0v) is 11.9. The molecule has 0 bridgehead atoms. The van der Waals surface area contributed by atoms with Gasteiger partial charge in [0.2, 0.25) is 0 Å². The van der Waals surface area contributed by atoms with Gasteiger partial charge >= 0.3 is 12.0 Å². The Bertz CT molecular complexity index is 447. The number of benzene rings is 1. The number of methoxy groups -OCH3 is 1. The van der Waals surface area contributed by atoms with E-state index in [1.54, 1.807) is 31.4 Å². The number of unbranched alkanes of at least 4 members (excludes halogenated alkanes) is 1. The van der Waals surface area contributed by atoms with Crippen LogP contribution in [0.2, 0.25) is 0 Å². The zero-order chi connectivity index (χ0) is 15.5. The molecule has 0 unspecified atom stereocenters. The molecule has 0 atom stereocenters. The maximum absolute atomic E-state index is 11.6. The molecule has 0 spiro atoms. The van der Waals surface area contributed by atoms with E-state index in [-0.39, 0.29) is 6.03 Å². The van der Waals surface area contributed by atoms with Crippen molar-refractivity contribution in [3.05, 3.63) is 24.3 Å². The Hall–Kier alpha value is -2.28. The normalized spacial score (nSPS) is 9.95. The molecule has 0 saturated carbocycles. The third-order valence-electron chi connectivity index (χ3n) is 2.54. The number of urea groups is 1. The second kappa shape index (κ2) is 9.60. The van der Waals surface area contributed by atoms with Gasteiger partial charge in [0.15, 0.2) is 6.61 Å². The Morgan fingerprint density at radius 1 is 1.19 bits per heavy atom. The quantitative estimate of drug-likeness (QED) is 0.603. The number of hydrogen-bond acceptors (Lipinski definition) is 4. The van der Waals surface area contributed by atoms with Gasteiger partial charge in [0.25, 0.3) is 0 Å². The van der Waals surface area contributed by atoms with Crippen LogP contribution >= 0.6 is 0 Å². The molecule has 0 aliphatic rings. The van der Waals surface area contributed by atoms with Crippen LogP contribution in [-0.2, 0) is 9.53 Å². The van der Waals surface area contributed by atoms with Crippen molar-refractivity contribution in [1.29, 1.82) is 0 Å². The van der Waals surface area contributed by atoms with Gasteiger partial charge in [0.05, 0.1) is 0 Å². The standard InChI is InChI=1S/C14H20N2O5/c1-20-9-3-2-8-15-14(19)16-11-4-6-12(7-5-11)21-10-13(17)18/h4-7H,2-3,8-10H2,1H3,(H,17,18)(H2,15,16,19). The third-order valence-corrected chi connectivity index (χ3v) is 2.54. The first-order valence-electron chi connectivity index (χ1n) is 6.60. The first-order chi connectivity index (χ1) is 10.1. The van der Waals surface area contributed by atoms with E-state index in [0.29, 0.717) is 24.6 Å². The predicted octanol–water partition coefficient (Wildman–Crippen LogP) is 1.70. The Morgan fingerprint density at radius 3 is 2.52 bits per heavy atom. The number of carboxylic acid groups (broad SMARTS) is 1. The molecule has 2 amide bonds. The van der Waals surface area contributed by atoms with Crippen molar-refractivity contribution >= 4 is 17.7 Å². The average Bonchev–Trinajstić information content (AvgIpc) is 2.46. The zero-order valence-electron chi connectivity index (χ0n) is 11.9. The molecule has 0 fully saturated rings. The lowest BCUT2D eigenvalue weighted by molar-refractivity contribution is -0.139. The third kappa shape index (κ3) is 7.78. The molecule has 1 aromatic rings. The van der Waals surface area contributed by atoms with Gasteiger partial charge in [0, 0.05) is 25.9 Å². The summed E-state index contributed by atoms with van der Waals surface area (Å²) >= 11 is 0. The summed E-state index contributed by atoms with van der Waals surface area (Å²) in [5, 5.41) is 13.9. The second-order valence-corrected chi connectivity index (χ2v) is 4.29. The first-order valence-corrected chi connectivity index (χ1v) is 6.60. The van der Waals surface area contributed by atoms with Crippen LogP contribution in [0.25, 0.3) is 0 Å². The number of amides is 2. The van der Waals surface area contributed by atoms with Crippen molar-refractivity contribution in [3.63, 3.8) is 0 Å². The van der Waals surface area contributed by atoms with Crippen LogP contribution in [0.1, 0.15) is 12.8 Å². The van der Waals surface area contributed by atoms with Crippen molar-refractivity contribution in [3.8, 4) is 5.75 Å². The minimum Gasteiger partial charge on any atom is -0.482 e. The average molecular weight is 296 g/mol. The smallest absolute Gasteiger partial charge is 0.341 e. The highest BCUT2D eigenvalue weighted by Gasteiger charge is 2.02. The SMILES string of the molecule is COCCCCNC(=O)Nc1ccc(OCC(=O)O)cc1. The van der Waals surface area contributed by atoms with Crippen LogP contribution in [0, 0.1) is 0 Å². The lowest BCUT2D eigenvalue weighted by Crippen LogP contribution is -2.29. The molecule has 0 aliphatic carbocycles. The highest BCUT2D eigenvalue weighted by molar-refractivity contribution is 5.89. The Labute approximate surface area is 123 Å². The van der Waals surface area contributed by atoms with Gasteiger partial charge in [-0.1, -0.05) is 0 Å². The van der Waals surface area contributed by atoms with Crippen molar-refractivity contribution in [2.24, 2.45) is 0 Å². The fraction of sp³-hybridized carbons (Fsp3) is 0.429. The summed E-state index contributed by atoms with van der Waals surface area (Å²) in [5.74, 6) is -0.604. The molecule has 0 heterocycles. The lowest BCUT2D eigenvalue weighted by atomic mass is 10.3. The molecule has 0 saturated heterocycles. The number of carbonyl (C=O) groups excluding carboxylic acids is 1. The number of hydrogen-bond donors (Lipinski definition) is 3. The molecule has 116 valence electrons. The fourth-order valence-corrected chi connectivity index (χ4v) is 1.53. The predicted molar refractivity (Wildman–Crippen MR) is 77.7 cm³/mol. The van der Waals surface area contributed by atoms with Crippen LogP contribution < -0.4 is 15.4 Å². The van der Waals surface area contributed by atoms with E-state index < -0.39 is 12.6 Å². The molecule has 0 aromatic heterocycles. The van der Waals surface area contributed by atoms with E-state index in [1.807, 2.05) is 0 Å². The van der Waals surface area contributed by atoms with Crippen LogP contribution in [0.4, 0.5) is 10.5 Å². The summed E-state index contributed by atoms with van der Waals surface area (Å²) in [4.78, 5) is 21.9. The molecule has 21 heavy (non-hydrogen) atoms. The van der Waals surface area contributed by atoms with Crippen LogP contribution in [0.5, 0.6) is 5.75 Å². The van der Waals surface area contributed by atoms with E-state index in [1.165, 1.54) is 0 Å². The number of nitrogens with one attached hydrogen (secondary N) is 2. The molecule has 1 aromatic carbocycles. The Morgan fingerprint density at radius 2 is 1.90 bits per heavy atom. The van der Waals surface area contributed by atoms with Gasteiger partial charge < -0.3 is 25.2 Å². The van der Waals surface area contributed by atoms with Gasteiger partial charge in [-0.15, -0.1) is 0 Å². The molecule has 0 aliphatic heterocycles. The number of rotatable bonds is 9.